The molecule has 3 aliphatic rings. The van der Waals surface area contributed by atoms with E-state index in [1.807, 2.05) is 0 Å². The monoisotopic (exact) mass is 420 g/mol. The lowest BCUT2D eigenvalue weighted by Gasteiger charge is -2.55. The van der Waals surface area contributed by atoms with Crippen molar-refractivity contribution < 1.29 is 33.4 Å². The van der Waals surface area contributed by atoms with Crippen molar-refractivity contribution in [2.45, 2.75) is 44.6 Å². The Bertz CT molecular complexity index is 962. The standard InChI is InChI=1S/C19H21FN4O6/c1-7-5-24-13-9(3-10(11(21)6-25)14(26)12(13)20)4-19(15(24)8(2)30-7)16(27)22-18(29)23-17(19)28/h3,6-8,11,15,26H,4-5,21H2,1-2H3,(H2,22,23,27,28,29). The molecular formula is C19H21FN4O6. The Morgan fingerprint density at radius 3 is 2.57 bits per heavy atom. The van der Waals surface area contributed by atoms with Crippen molar-refractivity contribution in [1.29, 1.82) is 0 Å². The topological polar surface area (TPSA) is 151 Å². The van der Waals surface area contributed by atoms with Crippen LogP contribution >= 0.6 is 0 Å². The first-order chi connectivity index (χ1) is 14.1. The van der Waals surface area contributed by atoms with Crippen LogP contribution in [0.5, 0.6) is 5.75 Å². The van der Waals surface area contributed by atoms with Crippen molar-refractivity contribution in [1.82, 2.24) is 10.6 Å². The quantitative estimate of drug-likeness (QED) is 0.373. The lowest BCUT2D eigenvalue weighted by molar-refractivity contribution is -0.153. The maximum absolute atomic E-state index is 15.3. The third-order valence-electron chi connectivity index (χ3n) is 6.04. The zero-order chi connectivity index (χ0) is 22.0. The highest BCUT2D eigenvalue weighted by Gasteiger charge is 2.63. The number of rotatable bonds is 2. The number of aromatic hydroxyl groups is 1. The Labute approximate surface area is 170 Å². The normalized spacial score (nSPS) is 28.3. The number of fused-ring (bicyclic) bond motifs is 4. The number of morpholine rings is 1. The van der Waals surface area contributed by atoms with Gasteiger partial charge in [0, 0.05) is 18.5 Å². The molecule has 1 spiro atoms. The number of halogens is 1. The molecule has 1 aromatic rings. The molecule has 30 heavy (non-hydrogen) atoms. The van der Waals surface area contributed by atoms with Crippen LogP contribution in [-0.2, 0) is 25.5 Å². The highest BCUT2D eigenvalue weighted by Crippen LogP contribution is 2.49. The molecule has 1 aromatic carbocycles. The number of benzene rings is 1. The molecule has 160 valence electrons. The number of phenols is 1. The van der Waals surface area contributed by atoms with Crippen molar-refractivity contribution in [3.05, 3.63) is 23.0 Å². The summed E-state index contributed by atoms with van der Waals surface area (Å²) in [5.74, 6) is -3.40. The molecule has 11 heteroatoms. The molecule has 3 heterocycles. The number of nitrogens with two attached hydrogens (primary N) is 1. The highest BCUT2D eigenvalue weighted by atomic mass is 19.1. The molecule has 4 rings (SSSR count). The minimum Gasteiger partial charge on any atom is -0.505 e. The Morgan fingerprint density at radius 2 is 1.97 bits per heavy atom. The van der Waals surface area contributed by atoms with Gasteiger partial charge in [0.2, 0.25) is 11.8 Å². The molecule has 0 bridgehead atoms. The van der Waals surface area contributed by atoms with E-state index in [1.165, 1.54) is 11.0 Å². The van der Waals surface area contributed by atoms with Crippen molar-refractivity contribution in [2.24, 2.45) is 11.1 Å². The smallest absolute Gasteiger partial charge is 0.328 e. The van der Waals surface area contributed by atoms with Crippen molar-refractivity contribution in [3.63, 3.8) is 0 Å². The van der Waals surface area contributed by atoms with E-state index in [-0.39, 0.29) is 35.9 Å². The minimum atomic E-state index is -1.79. The Hall–Kier alpha value is -3.05. The van der Waals surface area contributed by atoms with Crippen LogP contribution in [0.3, 0.4) is 0 Å². The molecule has 0 aliphatic carbocycles. The van der Waals surface area contributed by atoms with E-state index in [0.717, 1.165) is 0 Å². The van der Waals surface area contributed by atoms with Crippen LogP contribution < -0.4 is 21.3 Å². The number of carbonyl (C=O) groups is 4. The first kappa shape index (κ1) is 20.2. The van der Waals surface area contributed by atoms with Gasteiger partial charge in [-0.15, -0.1) is 0 Å². The van der Waals surface area contributed by atoms with Crippen LogP contribution in [0, 0.1) is 11.2 Å². The second-order valence-corrected chi connectivity index (χ2v) is 7.93. The fourth-order valence-electron chi connectivity index (χ4n) is 4.90. The summed E-state index contributed by atoms with van der Waals surface area (Å²) in [7, 11) is 0. The summed E-state index contributed by atoms with van der Waals surface area (Å²) in [6.07, 6.45) is -0.967. The number of barbiturate groups is 1. The number of nitrogens with zero attached hydrogens (tertiary/aromatic N) is 1. The van der Waals surface area contributed by atoms with Crippen molar-refractivity contribution in [2.75, 3.05) is 11.4 Å². The van der Waals surface area contributed by atoms with E-state index in [0.29, 0.717) is 6.29 Å². The van der Waals surface area contributed by atoms with Gasteiger partial charge in [-0.25, -0.2) is 9.18 Å². The zero-order valence-electron chi connectivity index (χ0n) is 16.3. The number of urea groups is 1. The Balaban J connectivity index is 1.98. The fraction of sp³-hybridized carbons (Fsp3) is 0.474. The average molecular weight is 420 g/mol. The number of aldehydes is 1. The van der Waals surface area contributed by atoms with E-state index in [4.69, 9.17) is 10.5 Å². The van der Waals surface area contributed by atoms with Gasteiger partial charge in [0.05, 0.1) is 30.0 Å². The third kappa shape index (κ3) is 2.62. The molecule has 2 fully saturated rings. The van der Waals surface area contributed by atoms with Gasteiger partial charge >= 0.3 is 6.03 Å². The van der Waals surface area contributed by atoms with Gasteiger partial charge in [-0.2, -0.15) is 0 Å². The first-order valence-corrected chi connectivity index (χ1v) is 9.45. The number of amides is 4. The average Bonchev–Trinajstić information content (AvgIpc) is 2.67. The van der Waals surface area contributed by atoms with Gasteiger partial charge in [-0.1, -0.05) is 0 Å². The number of hydrogen-bond acceptors (Lipinski definition) is 8. The van der Waals surface area contributed by atoms with E-state index in [1.54, 1.807) is 13.8 Å². The molecule has 0 saturated carbocycles. The van der Waals surface area contributed by atoms with Crippen LogP contribution in [0.15, 0.2) is 6.07 Å². The number of phenolic OH excluding ortho intramolecular Hbond substituents is 1. The molecule has 4 amide bonds. The van der Waals surface area contributed by atoms with E-state index in [2.05, 4.69) is 10.6 Å². The SMILES string of the molecule is CC1CN2c3c(cc(C(N)C=O)c(O)c3F)CC3(C(=O)NC(=O)NC3=O)C2C(C)O1. The van der Waals surface area contributed by atoms with Crippen LogP contribution in [0.2, 0.25) is 0 Å². The van der Waals surface area contributed by atoms with Crippen LogP contribution in [0.4, 0.5) is 14.9 Å². The molecule has 10 nitrogen and oxygen atoms in total. The third-order valence-corrected chi connectivity index (χ3v) is 6.04. The van der Waals surface area contributed by atoms with E-state index in [9.17, 15) is 24.3 Å². The molecule has 0 radical (unpaired) electrons. The fourth-order valence-corrected chi connectivity index (χ4v) is 4.90. The molecule has 2 saturated heterocycles. The summed E-state index contributed by atoms with van der Waals surface area (Å²) in [5, 5.41) is 14.6. The van der Waals surface area contributed by atoms with Gasteiger partial charge in [-0.3, -0.25) is 20.2 Å². The van der Waals surface area contributed by atoms with Crippen LogP contribution in [0.25, 0.3) is 0 Å². The summed E-state index contributed by atoms with van der Waals surface area (Å²) in [5.41, 5.74) is 3.98. The first-order valence-electron chi connectivity index (χ1n) is 9.45. The molecule has 3 aliphatic heterocycles. The van der Waals surface area contributed by atoms with Crippen LogP contribution in [-0.4, -0.2) is 54.0 Å². The number of ether oxygens (including phenoxy) is 1. The molecule has 5 N–H and O–H groups in total. The predicted molar refractivity (Wildman–Crippen MR) is 100 cm³/mol. The largest absolute Gasteiger partial charge is 0.505 e. The predicted octanol–water partition coefficient (Wildman–Crippen LogP) is -0.379. The van der Waals surface area contributed by atoms with Gasteiger partial charge in [0.1, 0.15) is 6.29 Å². The Morgan fingerprint density at radius 1 is 1.33 bits per heavy atom. The van der Waals surface area contributed by atoms with E-state index < -0.39 is 53.0 Å². The molecule has 4 atom stereocenters. The van der Waals surface area contributed by atoms with E-state index >= 15 is 4.39 Å². The molecular weight excluding hydrogens is 399 g/mol. The summed E-state index contributed by atoms with van der Waals surface area (Å²) < 4.78 is 21.2. The van der Waals surface area contributed by atoms with Crippen molar-refractivity contribution in [3.8, 4) is 5.75 Å². The maximum Gasteiger partial charge on any atom is 0.328 e. The lowest BCUT2D eigenvalue weighted by atomic mass is 9.66. The number of carbonyl (C=O) groups excluding carboxylic acids is 4. The molecule has 4 unspecified atom stereocenters. The van der Waals surface area contributed by atoms with Crippen LogP contribution in [0.1, 0.15) is 31.0 Å². The second kappa shape index (κ2) is 6.74. The summed E-state index contributed by atoms with van der Waals surface area (Å²) in [6, 6.07) is -1.84. The Kier molecular flexibility index (Phi) is 4.55. The minimum absolute atomic E-state index is 0.0180. The summed E-state index contributed by atoms with van der Waals surface area (Å²) in [6.45, 7) is 3.55. The highest BCUT2D eigenvalue weighted by molar-refractivity contribution is 6.20. The number of anilines is 1. The number of hydrogen-bond donors (Lipinski definition) is 4. The number of nitrogens with one attached hydrogen (secondary N) is 2. The second-order valence-electron chi connectivity index (χ2n) is 7.93. The maximum atomic E-state index is 15.3. The van der Waals surface area contributed by atoms with Gasteiger partial charge in [0.15, 0.2) is 17.0 Å². The van der Waals surface area contributed by atoms with Crippen molar-refractivity contribution >= 4 is 29.8 Å². The zero-order valence-corrected chi connectivity index (χ0v) is 16.3. The lowest BCUT2D eigenvalue weighted by Crippen LogP contribution is -2.75. The van der Waals surface area contributed by atoms with Gasteiger partial charge in [0.25, 0.3) is 0 Å². The summed E-state index contributed by atoms with van der Waals surface area (Å²) >= 11 is 0. The van der Waals surface area contributed by atoms with Gasteiger partial charge < -0.3 is 25.3 Å². The number of imide groups is 2. The van der Waals surface area contributed by atoms with Gasteiger partial charge in [-0.05, 0) is 25.5 Å². The summed E-state index contributed by atoms with van der Waals surface area (Å²) in [4.78, 5) is 50.4. The molecule has 0 aromatic heterocycles.